The normalized spacial score (nSPS) is 39.1. The van der Waals surface area contributed by atoms with Crippen LogP contribution in [-0.2, 0) is 9.84 Å². The maximum Gasteiger partial charge on any atom is 0.147 e. The predicted molar refractivity (Wildman–Crippen MR) is 62.9 cm³/mol. The summed E-state index contributed by atoms with van der Waals surface area (Å²) in [6.45, 7) is 0. The molecule has 0 N–H and O–H groups in total. The average Bonchev–Trinajstić information content (AvgIpc) is 2.73. The summed E-state index contributed by atoms with van der Waals surface area (Å²) in [6, 6.07) is 0. The Balaban J connectivity index is 1.82. The summed E-state index contributed by atoms with van der Waals surface area (Å²) in [7, 11) is -2.80. The largest absolute Gasteiger partial charge is 0.229 e. The summed E-state index contributed by atoms with van der Waals surface area (Å²) in [5, 5.41) is 0. The number of sulfone groups is 1. The molecule has 0 aromatic carbocycles. The Morgan fingerprint density at radius 1 is 1.33 bits per heavy atom. The zero-order valence-corrected chi connectivity index (χ0v) is 10.8. The highest BCUT2D eigenvalue weighted by molar-refractivity contribution is 7.90. The summed E-state index contributed by atoms with van der Waals surface area (Å²) in [5.41, 5.74) is 0.278. The molecule has 0 bridgehead atoms. The molecule has 2 saturated carbocycles. The smallest absolute Gasteiger partial charge is 0.147 e. The van der Waals surface area contributed by atoms with Gasteiger partial charge < -0.3 is 0 Å². The number of hydrogen-bond acceptors (Lipinski definition) is 2. The molecule has 2 rings (SSSR count). The Kier molecular flexibility index (Phi) is 3.06. The highest BCUT2D eigenvalue weighted by atomic mass is 35.5. The van der Waals surface area contributed by atoms with E-state index >= 15 is 0 Å². The second-order valence-electron chi connectivity index (χ2n) is 5.53. The molecule has 4 heteroatoms. The van der Waals surface area contributed by atoms with E-state index < -0.39 is 9.84 Å². The van der Waals surface area contributed by atoms with Crippen molar-refractivity contribution in [2.45, 2.75) is 32.1 Å². The van der Waals surface area contributed by atoms with Crippen molar-refractivity contribution >= 4 is 21.4 Å². The topological polar surface area (TPSA) is 34.1 Å². The van der Waals surface area contributed by atoms with Crippen molar-refractivity contribution in [3.05, 3.63) is 0 Å². The monoisotopic (exact) mass is 250 g/mol. The fourth-order valence-electron chi connectivity index (χ4n) is 3.10. The molecule has 88 valence electrons. The van der Waals surface area contributed by atoms with Gasteiger partial charge in [-0.3, -0.25) is 0 Å². The highest BCUT2D eigenvalue weighted by Crippen LogP contribution is 2.61. The second kappa shape index (κ2) is 3.92. The van der Waals surface area contributed by atoms with Crippen LogP contribution in [0, 0.1) is 17.3 Å². The van der Waals surface area contributed by atoms with E-state index in [9.17, 15) is 8.42 Å². The van der Waals surface area contributed by atoms with Crippen molar-refractivity contribution in [3.8, 4) is 0 Å². The Bertz CT molecular complexity index is 326. The molecule has 0 spiro atoms. The van der Waals surface area contributed by atoms with Gasteiger partial charge in [0, 0.05) is 17.9 Å². The summed E-state index contributed by atoms with van der Waals surface area (Å²) >= 11 is 6.05. The van der Waals surface area contributed by atoms with Gasteiger partial charge in [0.25, 0.3) is 0 Å². The fraction of sp³-hybridized carbons (Fsp3) is 1.00. The van der Waals surface area contributed by atoms with E-state index in [1.807, 2.05) is 0 Å². The maximum atomic E-state index is 11.0. The Labute approximate surface area is 97.3 Å². The quantitative estimate of drug-likeness (QED) is 0.703. The SMILES string of the molecule is CS(=O)(=O)CCCC1(CCl)CC2CC2C1. The third-order valence-corrected chi connectivity index (χ3v) is 5.56. The lowest BCUT2D eigenvalue weighted by molar-refractivity contribution is 0.278. The first kappa shape index (κ1) is 11.7. The number of halogens is 1. The molecule has 2 unspecified atom stereocenters. The van der Waals surface area contributed by atoms with Gasteiger partial charge >= 0.3 is 0 Å². The van der Waals surface area contributed by atoms with Crippen molar-refractivity contribution in [1.29, 1.82) is 0 Å². The van der Waals surface area contributed by atoms with Gasteiger partial charge in [-0.2, -0.15) is 0 Å². The van der Waals surface area contributed by atoms with Gasteiger partial charge in [-0.1, -0.05) is 0 Å². The third-order valence-electron chi connectivity index (χ3n) is 3.97. The lowest BCUT2D eigenvalue weighted by Gasteiger charge is -2.28. The minimum absolute atomic E-state index is 0.278. The van der Waals surface area contributed by atoms with Crippen LogP contribution in [0.5, 0.6) is 0 Å². The van der Waals surface area contributed by atoms with Crippen LogP contribution in [0.3, 0.4) is 0 Å². The first-order chi connectivity index (χ1) is 6.94. The van der Waals surface area contributed by atoms with E-state index in [4.69, 9.17) is 11.6 Å². The molecule has 0 heterocycles. The number of fused-ring (bicyclic) bond motifs is 1. The molecule has 0 radical (unpaired) electrons. The highest BCUT2D eigenvalue weighted by Gasteiger charge is 2.52. The van der Waals surface area contributed by atoms with E-state index in [2.05, 4.69) is 0 Å². The van der Waals surface area contributed by atoms with Gasteiger partial charge in [0.1, 0.15) is 9.84 Å². The van der Waals surface area contributed by atoms with E-state index in [0.29, 0.717) is 11.6 Å². The molecule has 2 fully saturated rings. The minimum Gasteiger partial charge on any atom is -0.229 e. The lowest BCUT2D eigenvalue weighted by atomic mass is 9.81. The van der Waals surface area contributed by atoms with Gasteiger partial charge in [-0.15, -0.1) is 11.6 Å². The van der Waals surface area contributed by atoms with Crippen molar-refractivity contribution < 1.29 is 8.42 Å². The Hall–Kier alpha value is 0.240. The van der Waals surface area contributed by atoms with E-state index in [1.54, 1.807) is 0 Å². The molecule has 0 aromatic rings. The van der Waals surface area contributed by atoms with Crippen molar-refractivity contribution in [2.24, 2.45) is 17.3 Å². The summed E-state index contributed by atoms with van der Waals surface area (Å²) < 4.78 is 22.1. The number of alkyl halides is 1. The fourth-order valence-corrected chi connectivity index (χ4v) is 4.12. The molecule has 2 aliphatic rings. The first-order valence-corrected chi connectivity index (χ1v) is 8.27. The predicted octanol–water partition coefficient (Wildman–Crippen LogP) is 2.47. The van der Waals surface area contributed by atoms with Crippen LogP contribution in [0.25, 0.3) is 0 Å². The van der Waals surface area contributed by atoms with Crippen LogP contribution >= 0.6 is 11.6 Å². The van der Waals surface area contributed by atoms with Crippen LogP contribution in [0.1, 0.15) is 32.1 Å². The van der Waals surface area contributed by atoms with Gasteiger partial charge in [0.05, 0.1) is 0 Å². The number of rotatable bonds is 5. The van der Waals surface area contributed by atoms with Crippen molar-refractivity contribution in [2.75, 3.05) is 17.9 Å². The van der Waals surface area contributed by atoms with Gasteiger partial charge in [0.15, 0.2) is 0 Å². The molecule has 0 amide bonds. The average molecular weight is 251 g/mol. The standard InChI is InChI=1S/C11H19ClO2S/c1-15(13,14)4-2-3-11(8-12)6-9-5-10(9)7-11/h9-10H,2-8H2,1H3. The van der Waals surface area contributed by atoms with Gasteiger partial charge in [-0.25, -0.2) is 8.42 Å². The van der Waals surface area contributed by atoms with Crippen LogP contribution in [0.15, 0.2) is 0 Å². The molecule has 2 aliphatic carbocycles. The Morgan fingerprint density at radius 2 is 1.93 bits per heavy atom. The molecular weight excluding hydrogens is 232 g/mol. The molecule has 0 saturated heterocycles. The van der Waals surface area contributed by atoms with Crippen LogP contribution in [-0.4, -0.2) is 26.3 Å². The summed E-state index contributed by atoms with van der Waals surface area (Å²) in [5.74, 6) is 2.87. The van der Waals surface area contributed by atoms with Crippen LogP contribution in [0.2, 0.25) is 0 Å². The van der Waals surface area contributed by atoms with Crippen LogP contribution in [0.4, 0.5) is 0 Å². The molecule has 2 atom stereocenters. The number of hydrogen-bond donors (Lipinski definition) is 0. The summed E-state index contributed by atoms with van der Waals surface area (Å²) in [4.78, 5) is 0. The van der Waals surface area contributed by atoms with E-state index in [0.717, 1.165) is 24.7 Å². The molecule has 0 aromatic heterocycles. The molecular formula is C11H19ClO2S. The van der Waals surface area contributed by atoms with E-state index in [1.165, 1.54) is 25.5 Å². The van der Waals surface area contributed by atoms with Crippen molar-refractivity contribution in [3.63, 3.8) is 0 Å². The van der Waals surface area contributed by atoms with Gasteiger partial charge in [0.2, 0.25) is 0 Å². The lowest BCUT2D eigenvalue weighted by Crippen LogP contribution is -2.22. The second-order valence-corrected chi connectivity index (χ2v) is 8.06. The Morgan fingerprint density at radius 3 is 2.40 bits per heavy atom. The minimum atomic E-state index is -2.80. The molecule has 0 aliphatic heterocycles. The van der Waals surface area contributed by atoms with Crippen LogP contribution < -0.4 is 0 Å². The van der Waals surface area contributed by atoms with Gasteiger partial charge in [-0.05, 0) is 49.4 Å². The summed E-state index contributed by atoms with van der Waals surface area (Å²) in [6.07, 6.45) is 6.97. The zero-order valence-electron chi connectivity index (χ0n) is 9.21. The molecule has 2 nitrogen and oxygen atoms in total. The first-order valence-electron chi connectivity index (χ1n) is 5.68. The van der Waals surface area contributed by atoms with E-state index in [-0.39, 0.29) is 5.41 Å². The molecule has 15 heavy (non-hydrogen) atoms. The van der Waals surface area contributed by atoms with Crippen molar-refractivity contribution in [1.82, 2.24) is 0 Å². The maximum absolute atomic E-state index is 11.0. The zero-order chi connectivity index (χ0) is 11.1. The third kappa shape index (κ3) is 2.88.